The average molecular weight is 152 g/mol. The molecule has 0 aliphatic carbocycles. The van der Waals surface area contributed by atoms with Gasteiger partial charge in [0.2, 0.25) is 0 Å². The number of allylic oxidation sites excluding steroid dienone is 3. The van der Waals surface area contributed by atoms with Crippen LogP contribution >= 0.6 is 0 Å². The van der Waals surface area contributed by atoms with Gasteiger partial charge in [0.15, 0.2) is 6.17 Å². The fourth-order valence-electron chi connectivity index (χ4n) is 0.734. The molecule has 4 heteroatoms. The van der Waals surface area contributed by atoms with Crippen LogP contribution in [0.15, 0.2) is 34.6 Å². The lowest BCUT2D eigenvalue weighted by Gasteiger charge is -2.09. The summed E-state index contributed by atoms with van der Waals surface area (Å²) >= 11 is 0. The molecule has 11 heavy (non-hydrogen) atoms. The number of rotatable bonds is 2. The minimum absolute atomic E-state index is 0.0335. The second kappa shape index (κ2) is 3.88. The van der Waals surface area contributed by atoms with E-state index in [0.717, 1.165) is 0 Å². The smallest absolute Gasteiger partial charge is 0.162 e. The van der Waals surface area contributed by atoms with Gasteiger partial charge in [-0.1, -0.05) is 23.5 Å². The average Bonchev–Trinajstić information content (AvgIpc) is 2.37. The van der Waals surface area contributed by atoms with Crippen LogP contribution in [0.3, 0.4) is 0 Å². The summed E-state index contributed by atoms with van der Waals surface area (Å²) in [5.74, 6) is 0. The summed E-state index contributed by atoms with van der Waals surface area (Å²) < 4.78 is 0. The van der Waals surface area contributed by atoms with Crippen molar-refractivity contribution in [2.75, 3.05) is 7.05 Å². The molecule has 1 rings (SSSR count). The van der Waals surface area contributed by atoms with Crippen molar-refractivity contribution in [2.45, 2.75) is 13.1 Å². The third-order valence-corrected chi connectivity index (χ3v) is 1.36. The number of hydrogen-bond donors (Lipinski definition) is 1. The van der Waals surface area contributed by atoms with E-state index in [9.17, 15) is 0 Å². The van der Waals surface area contributed by atoms with E-state index in [1.54, 1.807) is 0 Å². The summed E-state index contributed by atoms with van der Waals surface area (Å²) in [6.45, 7) is 1.97. The fourth-order valence-corrected chi connectivity index (χ4v) is 0.734. The molecule has 0 aromatic rings. The van der Waals surface area contributed by atoms with E-state index in [4.69, 9.17) is 0 Å². The van der Waals surface area contributed by atoms with Gasteiger partial charge in [0, 0.05) is 7.05 Å². The number of likely N-dealkylation sites (N-methyl/N-ethyl adjacent to an activating group) is 1. The molecule has 0 aromatic carbocycles. The molecule has 0 saturated heterocycles. The van der Waals surface area contributed by atoms with Gasteiger partial charge in [0.1, 0.15) is 0 Å². The Kier molecular flexibility index (Phi) is 2.80. The lowest BCUT2D eigenvalue weighted by atomic mass is 10.4. The van der Waals surface area contributed by atoms with E-state index >= 15 is 0 Å². The Morgan fingerprint density at radius 3 is 2.82 bits per heavy atom. The van der Waals surface area contributed by atoms with Gasteiger partial charge >= 0.3 is 0 Å². The Morgan fingerprint density at radius 1 is 1.45 bits per heavy atom. The van der Waals surface area contributed by atoms with E-state index in [1.807, 2.05) is 43.3 Å². The molecule has 0 fully saturated rings. The molecule has 1 N–H and O–H groups in total. The van der Waals surface area contributed by atoms with Gasteiger partial charge in [0.05, 0.1) is 0 Å². The number of hydrazine groups is 1. The molecule has 4 nitrogen and oxygen atoms in total. The van der Waals surface area contributed by atoms with Crippen LogP contribution in [0.25, 0.3) is 0 Å². The minimum atomic E-state index is 0.0335. The lowest BCUT2D eigenvalue weighted by molar-refractivity contribution is 0.252. The van der Waals surface area contributed by atoms with E-state index < -0.39 is 0 Å². The zero-order valence-electron chi connectivity index (χ0n) is 6.73. The molecular formula is C7H12N4. The molecule has 1 atom stereocenters. The first kappa shape index (κ1) is 7.94. The van der Waals surface area contributed by atoms with E-state index in [2.05, 4.69) is 15.9 Å². The van der Waals surface area contributed by atoms with Gasteiger partial charge in [-0.25, -0.2) is 5.53 Å². The normalized spacial score (nSPS) is 25.5. The predicted molar refractivity (Wildman–Crippen MR) is 43.5 cm³/mol. The second-order valence-corrected chi connectivity index (χ2v) is 2.25. The molecular weight excluding hydrogens is 140 g/mol. The predicted octanol–water partition coefficient (Wildman–Crippen LogP) is 1.26. The first-order valence-corrected chi connectivity index (χ1v) is 3.52. The number of hydrogen-bond acceptors (Lipinski definition) is 4. The summed E-state index contributed by atoms with van der Waals surface area (Å²) in [5.41, 5.74) is 2.71. The maximum atomic E-state index is 3.91. The van der Waals surface area contributed by atoms with E-state index in [0.29, 0.717) is 0 Å². The largest absolute Gasteiger partial charge is 0.220 e. The monoisotopic (exact) mass is 152 g/mol. The van der Waals surface area contributed by atoms with Crippen molar-refractivity contribution in [1.29, 1.82) is 0 Å². The van der Waals surface area contributed by atoms with Gasteiger partial charge in [-0.15, -0.1) is 5.11 Å². The first-order chi connectivity index (χ1) is 5.34. The first-order valence-electron chi connectivity index (χ1n) is 3.52. The molecule has 0 saturated carbocycles. The number of nitrogens with one attached hydrogen (secondary N) is 1. The lowest BCUT2D eigenvalue weighted by Crippen LogP contribution is -2.31. The van der Waals surface area contributed by atoms with Crippen molar-refractivity contribution < 1.29 is 0 Å². The Hall–Kier alpha value is -1.16. The molecule has 0 radical (unpaired) electrons. The summed E-state index contributed by atoms with van der Waals surface area (Å²) in [6.07, 6.45) is 7.88. The van der Waals surface area contributed by atoms with Crippen LogP contribution in [0.5, 0.6) is 0 Å². The highest BCUT2D eigenvalue weighted by Crippen LogP contribution is 2.03. The highest BCUT2D eigenvalue weighted by atomic mass is 15.8. The summed E-state index contributed by atoms with van der Waals surface area (Å²) in [6, 6.07) is 0. The Bertz CT molecular complexity index is 195. The number of nitrogens with zero attached hydrogens (tertiary/aromatic N) is 3. The van der Waals surface area contributed by atoms with Gasteiger partial charge in [-0.2, -0.15) is 5.01 Å². The van der Waals surface area contributed by atoms with Gasteiger partial charge in [-0.3, -0.25) is 0 Å². The quantitative estimate of drug-likeness (QED) is 0.605. The van der Waals surface area contributed by atoms with Crippen LogP contribution < -0.4 is 5.53 Å². The molecule has 1 heterocycles. The molecule has 1 aliphatic heterocycles. The summed E-state index contributed by atoms with van der Waals surface area (Å²) in [7, 11) is 1.89. The second-order valence-electron chi connectivity index (χ2n) is 2.25. The molecule has 60 valence electrons. The molecule has 1 aliphatic rings. The van der Waals surface area contributed by atoms with Gasteiger partial charge in [0.25, 0.3) is 0 Å². The molecule has 0 aromatic heterocycles. The van der Waals surface area contributed by atoms with Crippen molar-refractivity contribution in [3.05, 3.63) is 24.3 Å². The highest BCUT2D eigenvalue weighted by Gasteiger charge is 2.13. The van der Waals surface area contributed by atoms with Crippen molar-refractivity contribution in [3.8, 4) is 0 Å². The zero-order valence-corrected chi connectivity index (χ0v) is 6.73. The molecule has 0 amide bonds. The van der Waals surface area contributed by atoms with Gasteiger partial charge in [-0.05, 0) is 13.0 Å². The standard InChI is InChI=1S/C7H12N4/c1-3-4-5-6-7-8-9-10-11(7)2/h3-7H,1-2H3,(H,8,10)/b4-3+,6-5?. The van der Waals surface area contributed by atoms with Crippen LogP contribution in [-0.2, 0) is 0 Å². The summed E-state index contributed by atoms with van der Waals surface area (Å²) in [5, 5.41) is 9.38. The third kappa shape index (κ3) is 2.16. The maximum Gasteiger partial charge on any atom is 0.162 e. The Labute approximate surface area is 66.2 Å². The summed E-state index contributed by atoms with van der Waals surface area (Å²) in [4.78, 5) is 0. The Morgan fingerprint density at radius 2 is 2.27 bits per heavy atom. The van der Waals surface area contributed by atoms with Crippen LogP contribution in [0.1, 0.15) is 6.92 Å². The van der Waals surface area contributed by atoms with Crippen LogP contribution in [0, 0.1) is 0 Å². The van der Waals surface area contributed by atoms with Crippen LogP contribution in [-0.4, -0.2) is 18.2 Å². The van der Waals surface area contributed by atoms with Crippen molar-refractivity contribution >= 4 is 0 Å². The van der Waals surface area contributed by atoms with Crippen LogP contribution in [0.4, 0.5) is 0 Å². The third-order valence-electron chi connectivity index (χ3n) is 1.36. The van der Waals surface area contributed by atoms with Crippen LogP contribution in [0.2, 0.25) is 0 Å². The topological polar surface area (TPSA) is 40.0 Å². The SMILES string of the molecule is C/C=C/C=CC1N=NNN1C. The Balaban J connectivity index is 2.42. The van der Waals surface area contributed by atoms with E-state index in [-0.39, 0.29) is 6.17 Å². The van der Waals surface area contributed by atoms with Crippen molar-refractivity contribution in [1.82, 2.24) is 10.5 Å². The molecule has 0 bridgehead atoms. The van der Waals surface area contributed by atoms with Crippen molar-refractivity contribution in [2.24, 2.45) is 10.3 Å². The molecule has 1 unspecified atom stereocenters. The highest BCUT2D eigenvalue weighted by molar-refractivity contribution is 5.04. The zero-order chi connectivity index (χ0) is 8.10. The van der Waals surface area contributed by atoms with Gasteiger partial charge < -0.3 is 0 Å². The molecule has 0 spiro atoms. The fraction of sp³-hybridized carbons (Fsp3) is 0.429. The maximum absolute atomic E-state index is 3.91. The van der Waals surface area contributed by atoms with Crippen molar-refractivity contribution in [3.63, 3.8) is 0 Å². The minimum Gasteiger partial charge on any atom is -0.220 e. The van der Waals surface area contributed by atoms with E-state index in [1.165, 1.54) is 0 Å².